The molecule has 0 unspecified atom stereocenters. The molecule has 0 aromatic heterocycles. The molecular weight excluding hydrogens is 723 g/mol. The van der Waals surface area contributed by atoms with Crippen molar-refractivity contribution in [2.24, 2.45) is 11.8 Å². The predicted molar refractivity (Wildman–Crippen MR) is 191 cm³/mol. The van der Waals surface area contributed by atoms with Gasteiger partial charge >= 0.3 is 18.1 Å². The van der Waals surface area contributed by atoms with Crippen molar-refractivity contribution in [2.45, 2.75) is 31.9 Å². The highest BCUT2D eigenvalue weighted by atomic mass is 35.5. The van der Waals surface area contributed by atoms with Crippen molar-refractivity contribution in [2.75, 3.05) is 10.6 Å². The van der Waals surface area contributed by atoms with Gasteiger partial charge in [0.2, 0.25) is 11.8 Å². The van der Waals surface area contributed by atoms with Gasteiger partial charge in [0.05, 0.1) is 38.1 Å². The van der Waals surface area contributed by atoms with E-state index in [4.69, 9.17) is 27.9 Å². The van der Waals surface area contributed by atoms with Crippen molar-refractivity contribution in [3.63, 3.8) is 0 Å². The fourth-order valence-electron chi connectivity index (χ4n) is 5.11. The minimum atomic E-state index is -4.62. The second-order valence-electron chi connectivity index (χ2n) is 12.4. The van der Waals surface area contributed by atoms with Crippen LogP contribution in [0.2, 0.25) is 10.0 Å². The molecule has 0 atom stereocenters. The summed E-state index contributed by atoms with van der Waals surface area (Å²) in [7, 11) is 0. The second kappa shape index (κ2) is 15.1. The number of benzene rings is 4. The van der Waals surface area contributed by atoms with E-state index in [0.29, 0.717) is 47.9 Å². The lowest BCUT2D eigenvalue weighted by molar-refractivity contribution is -0.137. The van der Waals surface area contributed by atoms with Crippen molar-refractivity contribution in [3.8, 4) is 0 Å². The zero-order valence-corrected chi connectivity index (χ0v) is 28.5. The maximum absolute atomic E-state index is 14.0. The topological polar surface area (TPSA) is 102 Å². The fraction of sp³-hybridized carbons (Fsp3) is 0.179. The van der Waals surface area contributed by atoms with Gasteiger partial charge in [-0.3, -0.25) is 9.59 Å². The van der Waals surface area contributed by atoms with Crippen molar-refractivity contribution in [3.05, 3.63) is 128 Å². The monoisotopic (exact) mass is 750 g/mol. The van der Waals surface area contributed by atoms with Crippen molar-refractivity contribution in [1.82, 2.24) is 0 Å². The number of ether oxygens (including phenoxy) is 1. The smallest absolute Gasteiger partial charge is 0.386 e. The SMILES string of the molecule is O=C(OC(=O)c1cc(C=Cc2ccc(C(F)(F)F)c(Cl)c2)ccc1NC(=O)C1CC1)c1cc(C=Cc2ccc(Cl)c(F)c2)ccc1NC(=O)C1CC1. The van der Waals surface area contributed by atoms with Crippen LogP contribution in [0.5, 0.6) is 0 Å². The quantitative estimate of drug-likeness (QED) is 0.0727. The van der Waals surface area contributed by atoms with Crippen LogP contribution in [0.25, 0.3) is 24.3 Å². The van der Waals surface area contributed by atoms with E-state index < -0.39 is 34.5 Å². The summed E-state index contributed by atoms with van der Waals surface area (Å²) >= 11 is 11.6. The Bertz CT molecular complexity index is 2160. The van der Waals surface area contributed by atoms with Crippen molar-refractivity contribution < 1.29 is 41.5 Å². The Morgan fingerprint density at radius 2 is 1.04 bits per heavy atom. The van der Waals surface area contributed by atoms with Gasteiger partial charge in [0.15, 0.2) is 0 Å². The lowest BCUT2D eigenvalue weighted by atomic mass is 10.0. The number of anilines is 2. The molecule has 2 N–H and O–H groups in total. The maximum Gasteiger partial charge on any atom is 0.417 e. The van der Waals surface area contributed by atoms with Crippen LogP contribution < -0.4 is 10.6 Å². The molecule has 52 heavy (non-hydrogen) atoms. The third-order valence-corrected chi connectivity index (χ3v) is 8.92. The van der Waals surface area contributed by atoms with E-state index in [-0.39, 0.29) is 51.2 Å². The van der Waals surface area contributed by atoms with Gasteiger partial charge in [0.25, 0.3) is 0 Å². The molecule has 7 nitrogen and oxygen atoms in total. The number of amides is 2. The van der Waals surface area contributed by atoms with E-state index in [1.807, 2.05) is 0 Å². The predicted octanol–water partition coefficient (Wildman–Crippen LogP) is 10.2. The zero-order valence-electron chi connectivity index (χ0n) is 27.0. The molecule has 266 valence electrons. The van der Waals surface area contributed by atoms with Gasteiger partial charge < -0.3 is 15.4 Å². The molecule has 0 radical (unpaired) electrons. The lowest BCUT2D eigenvalue weighted by Gasteiger charge is -2.14. The van der Waals surface area contributed by atoms with Crippen LogP contribution in [0.3, 0.4) is 0 Å². The Balaban J connectivity index is 1.28. The Kier molecular flexibility index (Phi) is 10.6. The van der Waals surface area contributed by atoms with Crippen LogP contribution >= 0.6 is 23.2 Å². The summed E-state index contributed by atoms with van der Waals surface area (Å²) in [6.07, 6.45) is 4.34. The first-order valence-electron chi connectivity index (χ1n) is 16.1. The molecule has 0 bridgehead atoms. The molecule has 0 aliphatic heterocycles. The normalized spacial score (nSPS) is 14.4. The van der Waals surface area contributed by atoms with E-state index in [1.54, 1.807) is 30.4 Å². The summed E-state index contributed by atoms with van der Waals surface area (Å²) in [6, 6.07) is 16.4. The Hall–Kier alpha value is -5.26. The number of carbonyl (C=O) groups excluding carboxylic acids is 4. The molecule has 4 aromatic rings. The number of carbonyl (C=O) groups is 4. The van der Waals surface area contributed by atoms with Gasteiger partial charge in [-0.05, 0) is 96.5 Å². The third-order valence-electron chi connectivity index (χ3n) is 8.30. The van der Waals surface area contributed by atoms with Crippen LogP contribution in [0.1, 0.15) is 74.2 Å². The first-order valence-corrected chi connectivity index (χ1v) is 16.8. The minimum Gasteiger partial charge on any atom is -0.386 e. The molecule has 2 aliphatic carbocycles. The maximum atomic E-state index is 14.0. The molecule has 4 aromatic carbocycles. The first kappa shape index (κ1) is 36.5. The molecule has 2 amide bonds. The number of halogens is 6. The Morgan fingerprint density at radius 1 is 0.615 bits per heavy atom. The van der Waals surface area contributed by atoms with Crippen LogP contribution in [-0.4, -0.2) is 23.8 Å². The van der Waals surface area contributed by atoms with Gasteiger partial charge in [-0.2, -0.15) is 13.2 Å². The summed E-state index contributed by atoms with van der Waals surface area (Å²) in [6.45, 7) is 0. The van der Waals surface area contributed by atoms with Crippen LogP contribution in [0, 0.1) is 17.7 Å². The lowest BCUT2D eigenvalue weighted by Crippen LogP contribution is -2.20. The number of rotatable bonds is 10. The first-order chi connectivity index (χ1) is 24.7. The zero-order chi connectivity index (χ0) is 37.2. The number of hydrogen-bond acceptors (Lipinski definition) is 5. The average Bonchev–Trinajstić information content (AvgIpc) is 4.01. The van der Waals surface area contributed by atoms with Crippen LogP contribution in [0.15, 0.2) is 72.8 Å². The van der Waals surface area contributed by atoms with Crippen LogP contribution in [0.4, 0.5) is 28.9 Å². The molecule has 2 fully saturated rings. The summed E-state index contributed by atoms with van der Waals surface area (Å²) in [4.78, 5) is 52.6. The molecule has 2 saturated carbocycles. The Labute approximate surface area is 305 Å². The molecule has 0 saturated heterocycles. The fourth-order valence-corrected chi connectivity index (χ4v) is 5.52. The van der Waals surface area contributed by atoms with Crippen LogP contribution in [-0.2, 0) is 20.5 Å². The van der Waals surface area contributed by atoms with Gasteiger partial charge in [-0.1, -0.05) is 71.8 Å². The largest absolute Gasteiger partial charge is 0.417 e. The number of alkyl halides is 3. The van der Waals surface area contributed by atoms with E-state index in [9.17, 15) is 36.7 Å². The number of nitrogens with one attached hydrogen (secondary N) is 2. The highest BCUT2D eigenvalue weighted by Gasteiger charge is 2.34. The van der Waals surface area contributed by atoms with Crippen molar-refractivity contribution >= 4 is 82.6 Å². The van der Waals surface area contributed by atoms with Gasteiger partial charge in [0, 0.05) is 11.8 Å². The second-order valence-corrected chi connectivity index (χ2v) is 13.2. The molecule has 6 rings (SSSR count). The van der Waals surface area contributed by atoms with Gasteiger partial charge in [0.1, 0.15) is 5.82 Å². The molecule has 2 aliphatic rings. The highest BCUT2D eigenvalue weighted by molar-refractivity contribution is 6.31. The van der Waals surface area contributed by atoms with Crippen molar-refractivity contribution in [1.29, 1.82) is 0 Å². The summed E-state index contributed by atoms with van der Waals surface area (Å²) in [5.41, 5.74) is 0.602. The van der Waals surface area contributed by atoms with E-state index >= 15 is 0 Å². The third kappa shape index (κ3) is 9.15. The molecule has 0 heterocycles. The van der Waals surface area contributed by atoms with E-state index in [0.717, 1.165) is 12.1 Å². The summed E-state index contributed by atoms with van der Waals surface area (Å²) in [5, 5.41) is 4.90. The number of esters is 2. The number of hydrogen-bond donors (Lipinski definition) is 2. The average molecular weight is 752 g/mol. The highest BCUT2D eigenvalue weighted by Crippen LogP contribution is 2.36. The Morgan fingerprint density at radius 3 is 1.46 bits per heavy atom. The summed E-state index contributed by atoms with van der Waals surface area (Å²) in [5.74, 6) is -3.83. The minimum absolute atomic E-state index is 0.0384. The summed E-state index contributed by atoms with van der Waals surface area (Å²) < 4.78 is 58.7. The van der Waals surface area contributed by atoms with Gasteiger partial charge in [-0.15, -0.1) is 0 Å². The van der Waals surface area contributed by atoms with Gasteiger partial charge in [-0.25, -0.2) is 14.0 Å². The molecule has 0 spiro atoms. The van der Waals surface area contributed by atoms with E-state index in [2.05, 4.69) is 10.6 Å². The molecule has 13 heteroatoms. The standard InChI is InChI=1S/C39H28Cl2F4N2O5/c40-30-14-6-24(20-32(30)42)4-2-22-8-16-34(47-36(49)26-11-12-26)28(18-22)38(51)52-37(50)27-17-21(7-15-33(27)46-35(48)25-9-10-25)1-3-23-5-13-29(31(41)19-23)39(43,44)45/h1-8,13-20,25-26H,9-12H2,(H,46,48)(H,47,49). The van der Waals surface area contributed by atoms with E-state index in [1.165, 1.54) is 54.6 Å². The molecular formula is C39H28Cl2F4N2O5.